The predicted octanol–water partition coefficient (Wildman–Crippen LogP) is 3.47. The average molecular weight is 443 g/mol. The Morgan fingerprint density at radius 3 is 2.81 bits per heavy atom. The lowest BCUT2D eigenvalue weighted by Crippen LogP contribution is -2.42. The number of anilines is 1. The molecule has 172 valence electrons. The molecule has 1 aliphatic rings. The van der Waals surface area contributed by atoms with Gasteiger partial charge in [0.15, 0.2) is 5.96 Å². The van der Waals surface area contributed by atoms with Crippen molar-refractivity contribution >= 4 is 17.6 Å². The molecule has 3 rings (SSSR count). The third-order valence-electron chi connectivity index (χ3n) is 5.15. The van der Waals surface area contributed by atoms with Crippen molar-refractivity contribution in [2.75, 3.05) is 25.5 Å². The van der Waals surface area contributed by atoms with Crippen LogP contribution in [0.5, 0.6) is 5.75 Å². The maximum Gasteiger partial charge on any atom is 0.253 e. The van der Waals surface area contributed by atoms with Crippen LogP contribution in [0.4, 0.5) is 10.1 Å². The van der Waals surface area contributed by atoms with Crippen LogP contribution in [0.25, 0.3) is 0 Å². The molecule has 1 saturated heterocycles. The molecular formula is C24H31FN4O3. The molecule has 0 aromatic heterocycles. The fourth-order valence-corrected chi connectivity index (χ4v) is 3.39. The van der Waals surface area contributed by atoms with Gasteiger partial charge < -0.3 is 25.4 Å². The Morgan fingerprint density at radius 2 is 2.09 bits per heavy atom. The number of nitrogens with zero attached hydrogens (tertiary/aromatic N) is 1. The first kappa shape index (κ1) is 23.5. The second kappa shape index (κ2) is 12.0. The Kier molecular flexibility index (Phi) is 8.86. The molecule has 0 spiro atoms. The van der Waals surface area contributed by atoms with E-state index in [0.717, 1.165) is 30.5 Å². The molecule has 2 aromatic carbocycles. The predicted molar refractivity (Wildman–Crippen MR) is 123 cm³/mol. The molecule has 32 heavy (non-hydrogen) atoms. The largest absolute Gasteiger partial charge is 0.489 e. The van der Waals surface area contributed by atoms with Crippen LogP contribution >= 0.6 is 0 Å². The quantitative estimate of drug-likeness (QED) is 0.409. The number of benzene rings is 2. The van der Waals surface area contributed by atoms with E-state index >= 15 is 0 Å². The van der Waals surface area contributed by atoms with Gasteiger partial charge in [0, 0.05) is 32.0 Å². The van der Waals surface area contributed by atoms with E-state index < -0.39 is 0 Å². The van der Waals surface area contributed by atoms with Crippen molar-refractivity contribution in [1.82, 2.24) is 10.6 Å². The van der Waals surface area contributed by atoms with Crippen molar-refractivity contribution < 1.29 is 18.7 Å². The Balaban J connectivity index is 1.47. The molecule has 1 heterocycles. The number of nitrogens with one attached hydrogen (secondary N) is 3. The standard InChI is InChI=1S/C24H31FN4O3/c1-3-20(32-21-10-5-8-18(25)14-21)16-28-24(26-2)27-15-17-7-4-9-19(13-17)29-23(30)22-11-6-12-31-22/h4-5,7-10,13-14,20,22H,3,6,11-12,15-16H2,1-2H3,(H,29,30)(H2,26,27,28). The number of guanidine groups is 1. The molecular weight excluding hydrogens is 411 g/mol. The van der Waals surface area contributed by atoms with Crippen molar-refractivity contribution in [1.29, 1.82) is 0 Å². The minimum atomic E-state index is -0.360. The highest BCUT2D eigenvalue weighted by molar-refractivity contribution is 5.94. The van der Waals surface area contributed by atoms with Crippen LogP contribution in [-0.2, 0) is 16.1 Å². The van der Waals surface area contributed by atoms with E-state index in [9.17, 15) is 9.18 Å². The molecule has 1 amide bonds. The molecule has 0 aliphatic carbocycles. The third kappa shape index (κ3) is 7.23. The number of amides is 1. The van der Waals surface area contributed by atoms with Crippen LogP contribution in [0.3, 0.4) is 0 Å². The lowest BCUT2D eigenvalue weighted by Gasteiger charge is -2.20. The van der Waals surface area contributed by atoms with Gasteiger partial charge in [-0.3, -0.25) is 9.79 Å². The number of carbonyl (C=O) groups is 1. The van der Waals surface area contributed by atoms with Gasteiger partial charge in [-0.05, 0) is 49.1 Å². The van der Waals surface area contributed by atoms with Gasteiger partial charge in [-0.2, -0.15) is 0 Å². The Morgan fingerprint density at radius 1 is 1.25 bits per heavy atom. The van der Waals surface area contributed by atoms with Crippen molar-refractivity contribution in [2.45, 2.75) is 44.9 Å². The summed E-state index contributed by atoms with van der Waals surface area (Å²) in [5, 5.41) is 9.42. The maximum atomic E-state index is 13.4. The summed E-state index contributed by atoms with van der Waals surface area (Å²) in [6.07, 6.45) is 1.94. The molecule has 3 N–H and O–H groups in total. The van der Waals surface area contributed by atoms with Crippen LogP contribution in [0, 0.1) is 5.82 Å². The normalized spacial score (nSPS) is 17.0. The molecule has 0 radical (unpaired) electrons. The van der Waals surface area contributed by atoms with E-state index in [1.165, 1.54) is 12.1 Å². The molecule has 1 aliphatic heterocycles. The summed E-state index contributed by atoms with van der Waals surface area (Å²) in [6.45, 7) is 3.70. The first-order valence-electron chi connectivity index (χ1n) is 11.0. The lowest BCUT2D eigenvalue weighted by molar-refractivity contribution is -0.124. The molecule has 8 heteroatoms. The maximum absolute atomic E-state index is 13.4. The summed E-state index contributed by atoms with van der Waals surface area (Å²) in [6, 6.07) is 13.8. The van der Waals surface area contributed by atoms with E-state index in [1.807, 2.05) is 31.2 Å². The number of aliphatic imine (C=N–C) groups is 1. The van der Waals surface area contributed by atoms with Crippen molar-refractivity contribution in [3.05, 3.63) is 59.9 Å². The summed E-state index contributed by atoms with van der Waals surface area (Å²) >= 11 is 0. The minimum absolute atomic E-state index is 0.103. The van der Waals surface area contributed by atoms with Gasteiger partial charge in [0.2, 0.25) is 0 Å². The molecule has 0 bridgehead atoms. The van der Waals surface area contributed by atoms with E-state index in [0.29, 0.717) is 31.4 Å². The fraction of sp³-hybridized carbons (Fsp3) is 0.417. The van der Waals surface area contributed by atoms with Gasteiger partial charge in [0.25, 0.3) is 5.91 Å². The van der Waals surface area contributed by atoms with Crippen LogP contribution in [0.1, 0.15) is 31.7 Å². The number of carbonyl (C=O) groups excluding carboxylic acids is 1. The van der Waals surface area contributed by atoms with E-state index in [4.69, 9.17) is 9.47 Å². The Hall–Kier alpha value is -3.13. The first-order valence-corrected chi connectivity index (χ1v) is 11.0. The number of halogens is 1. The topological polar surface area (TPSA) is 84.0 Å². The Bertz CT molecular complexity index is 916. The van der Waals surface area contributed by atoms with Gasteiger partial charge in [-0.15, -0.1) is 0 Å². The highest BCUT2D eigenvalue weighted by atomic mass is 19.1. The minimum Gasteiger partial charge on any atom is -0.489 e. The summed E-state index contributed by atoms with van der Waals surface area (Å²) in [7, 11) is 1.70. The van der Waals surface area contributed by atoms with Crippen molar-refractivity contribution in [3.63, 3.8) is 0 Å². The highest BCUT2D eigenvalue weighted by Gasteiger charge is 2.23. The van der Waals surface area contributed by atoms with Gasteiger partial charge in [0.1, 0.15) is 23.8 Å². The van der Waals surface area contributed by atoms with Crippen LogP contribution in [-0.4, -0.2) is 44.3 Å². The molecule has 7 nitrogen and oxygen atoms in total. The van der Waals surface area contributed by atoms with E-state index in [2.05, 4.69) is 20.9 Å². The van der Waals surface area contributed by atoms with Gasteiger partial charge in [-0.1, -0.05) is 25.1 Å². The molecule has 0 saturated carbocycles. The number of ether oxygens (including phenoxy) is 2. The van der Waals surface area contributed by atoms with Crippen molar-refractivity contribution in [2.24, 2.45) is 4.99 Å². The zero-order chi connectivity index (χ0) is 22.8. The second-order valence-electron chi connectivity index (χ2n) is 7.60. The zero-order valence-corrected chi connectivity index (χ0v) is 18.6. The Labute approximate surface area is 188 Å². The average Bonchev–Trinajstić information content (AvgIpc) is 3.34. The highest BCUT2D eigenvalue weighted by Crippen LogP contribution is 2.17. The molecule has 2 unspecified atom stereocenters. The lowest BCUT2D eigenvalue weighted by atomic mass is 10.2. The number of rotatable bonds is 9. The summed E-state index contributed by atoms with van der Waals surface area (Å²) in [5.41, 5.74) is 1.74. The molecule has 2 atom stereocenters. The monoisotopic (exact) mass is 442 g/mol. The first-order chi connectivity index (χ1) is 15.6. The summed E-state index contributed by atoms with van der Waals surface area (Å²) in [5.74, 6) is 0.703. The number of hydrogen-bond acceptors (Lipinski definition) is 4. The SMILES string of the molecule is CCC(CNC(=NC)NCc1cccc(NC(=O)C2CCCO2)c1)Oc1cccc(F)c1. The van der Waals surface area contributed by atoms with Gasteiger partial charge in [-0.25, -0.2) is 4.39 Å². The number of hydrogen-bond donors (Lipinski definition) is 3. The van der Waals surface area contributed by atoms with Gasteiger partial charge in [0.05, 0.1) is 6.54 Å². The van der Waals surface area contributed by atoms with E-state index in [-0.39, 0.29) is 23.9 Å². The third-order valence-corrected chi connectivity index (χ3v) is 5.15. The molecule has 1 fully saturated rings. The zero-order valence-electron chi connectivity index (χ0n) is 18.6. The van der Waals surface area contributed by atoms with Crippen LogP contribution in [0.15, 0.2) is 53.5 Å². The van der Waals surface area contributed by atoms with Gasteiger partial charge >= 0.3 is 0 Å². The summed E-state index contributed by atoms with van der Waals surface area (Å²) < 4.78 is 24.7. The van der Waals surface area contributed by atoms with Crippen LogP contribution in [0.2, 0.25) is 0 Å². The van der Waals surface area contributed by atoms with Crippen LogP contribution < -0.4 is 20.7 Å². The van der Waals surface area contributed by atoms with E-state index in [1.54, 1.807) is 19.2 Å². The smallest absolute Gasteiger partial charge is 0.253 e. The second-order valence-corrected chi connectivity index (χ2v) is 7.60. The molecule has 2 aromatic rings. The van der Waals surface area contributed by atoms with Crippen molar-refractivity contribution in [3.8, 4) is 5.75 Å². The summed E-state index contributed by atoms with van der Waals surface area (Å²) in [4.78, 5) is 16.5. The fourth-order valence-electron chi connectivity index (χ4n) is 3.39.